The van der Waals surface area contributed by atoms with E-state index in [4.69, 9.17) is 4.74 Å². The zero-order chi connectivity index (χ0) is 26.1. The van der Waals surface area contributed by atoms with Crippen molar-refractivity contribution < 1.29 is 18.7 Å². The Morgan fingerprint density at radius 1 is 1.16 bits per heavy atom. The number of aryl methyl sites for hydroxylation is 1. The molecule has 190 valence electrons. The second-order valence-electron chi connectivity index (χ2n) is 8.91. The minimum absolute atomic E-state index is 0.0645. The fourth-order valence-corrected chi connectivity index (χ4v) is 4.73. The summed E-state index contributed by atoms with van der Waals surface area (Å²) < 4.78 is 23.7. The molecule has 0 N–H and O–H groups in total. The van der Waals surface area contributed by atoms with Gasteiger partial charge in [-0.1, -0.05) is 13.0 Å². The summed E-state index contributed by atoms with van der Waals surface area (Å²) in [5.41, 5.74) is 3.98. The Hall–Kier alpha value is -4.27. The van der Waals surface area contributed by atoms with Crippen molar-refractivity contribution in [2.24, 2.45) is 0 Å². The lowest BCUT2D eigenvalue weighted by molar-refractivity contribution is -0.137. The van der Waals surface area contributed by atoms with Gasteiger partial charge in [0.2, 0.25) is 0 Å². The first-order chi connectivity index (χ1) is 17.9. The highest BCUT2D eigenvalue weighted by molar-refractivity contribution is 5.93. The molecule has 1 aliphatic rings. The van der Waals surface area contributed by atoms with Crippen molar-refractivity contribution in [2.75, 3.05) is 13.2 Å². The highest BCUT2D eigenvalue weighted by Gasteiger charge is 2.29. The van der Waals surface area contributed by atoms with Gasteiger partial charge in [0.25, 0.3) is 5.91 Å². The topological polar surface area (TPSA) is 81.7 Å². The van der Waals surface area contributed by atoms with Crippen LogP contribution in [0.5, 0.6) is 0 Å². The average molecular weight is 502 g/mol. The van der Waals surface area contributed by atoms with Gasteiger partial charge in [0.15, 0.2) is 5.65 Å². The monoisotopic (exact) mass is 501 g/mol. The summed E-state index contributed by atoms with van der Waals surface area (Å²) in [6.45, 7) is 7.33. The summed E-state index contributed by atoms with van der Waals surface area (Å²) in [6.07, 6.45) is 5.42. The Labute approximate surface area is 214 Å². The third-order valence-corrected chi connectivity index (χ3v) is 6.65. The van der Waals surface area contributed by atoms with E-state index < -0.39 is 11.8 Å². The Kier molecular flexibility index (Phi) is 6.60. The Balaban J connectivity index is 1.45. The van der Waals surface area contributed by atoms with Gasteiger partial charge < -0.3 is 14.2 Å². The zero-order valence-corrected chi connectivity index (χ0v) is 21.0. The molecule has 0 aliphatic carbocycles. The van der Waals surface area contributed by atoms with Gasteiger partial charge in [0.1, 0.15) is 11.5 Å². The number of halogens is 1. The Bertz CT molecular complexity index is 1520. The lowest BCUT2D eigenvalue weighted by atomic mass is 10.1. The van der Waals surface area contributed by atoms with Crippen molar-refractivity contribution in [3.63, 3.8) is 0 Å². The van der Waals surface area contributed by atoms with Gasteiger partial charge in [-0.2, -0.15) is 5.10 Å². The second kappa shape index (κ2) is 10.0. The van der Waals surface area contributed by atoms with Crippen molar-refractivity contribution in [3.05, 3.63) is 83.2 Å². The first kappa shape index (κ1) is 24.4. The summed E-state index contributed by atoms with van der Waals surface area (Å²) in [4.78, 5) is 31.5. The lowest BCUT2D eigenvalue weighted by Crippen LogP contribution is -2.41. The SMILES string of the molecule is CCOC(=O)/C=C/c1ccc(-c2cc3nc(C(=O)N4CCn5cccc5C4C)cc(CC)n3n2)c(F)c1. The maximum Gasteiger partial charge on any atom is 0.330 e. The molecule has 4 aromatic rings. The number of amides is 1. The number of carbonyl (C=O) groups is 2. The van der Waals surface area contributed by atoms with E-state index in [0.29, 0.717) is 41.1 Å². The van der Waals surface area contributed by atoms with Crippen molar-refractivity contribution in [1.82, 2.24) is 24.1 Å². The van der Waals surface area contributed by atoms with Crippen molar-refractivity contribution in [2.45, 2.75) is 39.8 Å². The van der Waals surface area contributed by atoms with E-state index in [9.17, 15) is 9.59 Å². The molecule has 37 heavy (non-hydrogen) atoms. The van der Waals surface area contributed by atoms with Crippen molar-refractivity contribution in [3.8, 4) is 11.3 Å². The van der Waals surface area contributed by atoms with Crippen LogP contribution in [-0.4, -0.2) is 49.1 Å². The van der Waals surface area contributed by atoms with Crippen LogP contribution < -0.4 is 0 Å². The van der Waals surface area contributed by atoms with E-state index in [1.54, 1.807) is 35.7 Å². The number of carbonyl (C=O) groups excluding carboxylic acids is 2. The molecule has 1 aromatic carbocycles. The fraction of sp³-hybridized carbons (Fsp3) is 0.286. The summed E-state index contributed by atoms with van der Waals surface area (Å²) in [5.74, 6) is -1.10. The number of ether oxygens (including phenoxy) is 1. The summed E-state index contributed by atoms with van der Waals surface area (Å²) in [6, 6.07) is 12.1. The molecule has 5 rings (SSSR count). The van der Waals surface area contributed by atoms with Gasteiger partial charge in [-0.25, -0.2) is 18.7 Å². The molecule has 0 fully saturated rings. The zero-order valence-electron chi connectivity index (χ0n) is 21.0. The first-order valence-corrected chi connectivity index (χ1v) is 12.4. The van der Waals surface area contributed by atoms with Crippen LogP contribution >= 0.6 is 0 Å². The second-order valence-corrected chi connectivity index (χ2v) is 8.91. The quantitative estimate of drug-likeness (QED) is 0.283. The fourth-order valence-electron chi connectivity index (χ4n) is 4.73. The molecule has 0 spiro atoms. The van der Waals surface area contributed by atoms with Gasteiger partial charge in [0.05, 0.1) is 18.3 Å². The number of hydrogen-bond donors (Lipinski definition) is 0. The molecule has 1 unspecified atom stereocenters. The van der Waals surface area contributed by atoms with E-state index >= 15 is 4.39 Å². The number of rotatable bonds is 6. The molecule has 9 heteroatoms. The summed E-state index contributed by atoms with van der Waals surface area (Å²) in [7, 11) is 0. The third-order valence-electron chi connectivity index (χ3n) is 6.65. The molecule has 1 amide bonds. The minimum Gasteiger partial charge on any atom is -0.463 e. The van der Waals surface area contributed by atoms with Crippen LogP contribution in [0.2, 0.25) is 0 Å². The van der Waals surface area contributed by atoms with Crippen LogP contribution in [0.4, 0.5) is 4.39 Å². The van der Waals surface area contributed by atoms with Gasteiger partial charge in [-0.15, -0.1) is 0 Å². The molecule has 0 radical (unpaired) electrons. The van der Waals surface area contributed by atoms with Crippen LogP contribution in [0, 0.1) is 5.82 Å². The van der Waals surface area contributed by atoms with Crippen LogP contribution in [0.1, 0.15) is 54.3 Å². The normalized spacial score (nSPS) is 15.4. The molecular formula is C28H28FN5O3. The van der Waals surface area contributed by atoms with Crippen LogP contribution in [0.15, 0.2) is 54.7 Å². The molecule has 0 bridgehead atoms. The number of esters is 1. The minimum atomic E-state index is -0.483. The highest BCUT2D eigenvalue weighted by atomic mass is 19.1. The van der Waals surface area contributed by atoms with Gasteiger partial charge in [-0.3, -0.25) is 4.79 Å². The molecule has 1 atom stereocenters. The standard InChI is InChI=1S/C28H28FN5O3/c1-4-20-16-24(28(36)33-14-13-32-12-6-7-25(32)18(33)3)30-26-17-23(31-34(20)26)21-10-8-19(15-22(21)29)9-11-27(35)37-5-2/h6-12,15-18H,4-5,13-14H2,1-3H3/b11-9+. The molecular weight excluding hydrogens is 473 g/mol. The molecule has 0 saturated heterocycles. The predicted octanol–water partition coefficient (Wildman–Crippen LogP) is 4.69. The maximum absolute atomic E-state index is 15.0. The van der Waals surface area contributed by atoms with Crippen LogP contribution in [0.3, 0.4) is 0 Å². The highest BCUT2D eigenvalue weighted by Crippen LogP contribution is 2.28. The predicted molar refractivity (Wildman–Crippen MR) is 137 cm³/mol. The van der Waals surface area contributed by atoms with Crippen molar-refractivity contribution >= 4 is 23.6 Å². The first-order valence-electron chi connectivity index (χ1n) is 12.4. The van der Waals surface area contributed by atoms with Gasteiger partial charge >= 0.3 is 5.97 Å². The smallest absolute Gasteiger partial charge is 0.330 e. The van der Waals surface area contributed by atoms with E-state index in [1.807, 2.05) is 37.1 Å². The largest absolute Gasteiger partial charge is 0.463 e. The van der Waals surface area contributed by atoms with Crippen molar-refractivity contribution in [1.29, 1.82) is 0 Å². The third kappa shape index (κ3) is 4.64. The molecule has 0 saturated carbocycles. The van der Waals surface area contributed by atoms with Crippen LogP contribution in [0.25, 0.3) is 23.0 Å². The van der Waals surface area contributed by atoms with Crippen LogP contribution in [-0.2, 0) is 22.5 Å². The molecule has 3 aromatic heterocycles. The summed E-state index contributed by atoms with van der Waals surface area (Å²) >= 11 is 0. The number of aromatic nitrogens is 4. The van der Waals surface area contributed by atoms with E-state index in [2.05, 4.69) is 14.6 Å². The van der Waals surface area contributed by atoms with E-state index in [-0.39, 0.29) is 18.6 Å². The average Bonchev–Trinajstić information content (AvgIpc) is 3.54. The summed E-state index contributed by atoms with van der Waals surface area (Å²) in [5, 5.41) is 4.59. The Morgan fingerprint density at radius 3 is 2.76 bits per heavy atom. The molecule has 1 aliphatic heterocycles. The number of hydrogen-bond acceptors (Lipinski definition) is 5. The number of fused-ring (bicyclic) bond motifs is 2. The number of benzene rings is 1. The van der Waals surface area contributed by atoms with E-state index in [1.165, 1.54) is 18.2 Å². The van der Waals surface area contributed by atoms with Gasteiger partial charge in [-0.05, 0) is 62.2 Å². The lowest BCUT2D eigenvalue weighted by Gasteiger charge is -2.34. The Morgan fingerprint density at radius 2 is 2.00 bits per heavy atom. The maximum atomic E-state index is 15.0. The van der Waals surface area contributed by atoms with Gasteiger partial charge in [0, 0.05) is 48.4 Å². The molecule has 8 nitrogen and oxygen atoms in total. The number of nitrogens with zero attached hydrogens (tertiary/aromatic N) is 5. The van der Waals surface area contributed by atoms with E-state index in [0.717, 1.165) is 17.9 Å². The molecule has 4 heterocycles.